The Morgan fingerprint density at radius 2 is 0.653 bits per heavy atom. The molecule has 13 N–H and O–H groups in total. The maximum atomic E-state index is 12.5. The third-order valence-electron chi connectivity index (χ3n) is 22.2. The molecule has 31 heteroatoms. The second kappa shape index (κ2) is 58.0. The van der Waals surface area contributed by atoms with Crippen molar-refractivity contribution in [1.82, 2.24) is 0 Å². The summed E-state index contributed by atoms with van der Waals surface area (Å²) in [6.45, 7) is 13.9. The number of hydrogen-bond acceptors (Lipinski definition) is 19. The fraction of sp³-hybridized carbons (Fsp3) is 0.221. The number of Topliss-reactive ketones (excluding diaryl/α,β-unsaturated/α-hetero) is 3. The molecule has 744 valence electrons. The quantitative estimate of drug-likeness (QED) is 0.0159. The van der Waals surface area contributed by atoms with E-state index in [1.165, 1.54) is 97.4 Å². The molecule has 144 heavy (non-hydrogen) atoms. The van der Waals surface area contributed by atoms with E-state index in [0.717, 1.165) is 79.2 Å². The van der Waals surface area contributed by atoms with E-state index in [2.05, 4.69) is 41.2 Å². The van der Waals surface area contributed by atoms with Gasteiger partial charge in [0.1, 0.15) is 11.8 Å². The van der Waals surface area contributed by atoms with Gasteiger partial charge in [-0.1, -0.05) is 186 Å². The first kappa shape index (κ1) is 114. The van der Waals surface area contributed by atoms with E-state index in [-0.39, 0.29) is 115 Å². The van der Waals surface area contributed by atoms with Gasteiger partial charge in [-0.2, -0.15) is 10.5 Å². The highest BCUT2D eigenvalue weighted by molar-refractivity contribution is 6.31. The largest absolute Gasteiger partial charge is 0.492 e. The van der Waals surface area contributed by atoms with Crippen LogP contribution in [0.2, 0.25) is 5.02 Å². The van der Waals surface area contributed by atoms with E-state index in [1.54, 1.807) is 153 Å². The van der Waals surface area contributed by atoms with Gasteiger partial charge in [-0.15, -0.1) is 0 Å². The molecule has 12 aromatic carbocycles. The summed E-state index contributed by atoms with van der Waals surface area (Å²) >= 11 is 6.23. The van der Waals surface area contributed by atoms with Crippen molar-refractivity contribution in [3.63, 3.8) is 0 Å². The fourth-order valence-corrected chi connectivity index (χ4v) is 14.9. The molecule has 0 heterocycles. The van der Waals surface area contributed by atoms with E-state index >= 15 is 0 Å². The van der Waals surface area contributed by atoms with Crippen LogP contribution in [0.4, 0.5) is 22.7 Å². The SMILES string of the molecule is CC(=O)c1cc(NC(=O)c2ccccc2C(=O)O)ccc1CCCO.CCC(O)Cc1ccc(CC(=O)c2ccccc2C(=O)O)cc1C#N.CCCCc1ccc(CC(=O)c2ccccc2C(=O)O)cc1C(=O)O.CCCCc1ccc(NC(=O)c2ccccc2C(=O)O)cc1C.CCCCc1ccc(NC(=O)c2ccccc2C(=O)O)cc1Cl.CCOc1ccc(NC(=O)c2ccccc2C(=O)O)cc1C#N. The maximum Gasteiger partial charge on any atom is 0.336 e. The molecule has 12 aromatic rings. The molecule has 0 radical (unpaired) electrons. The predicted molar refractivity (Wildman–Crippen MR) is 545 cm³/mol. The van der Waals surface area contributed by atoms with Crippen LogP contribution >= 0.6 is 11.6 Å². The summed E-state index contributed by atoms with van der Waals surface area (Å²) in [6.07, 6.45) is 10.4. The molecule has 30 nitrogen and oxygen atoms in total. The Kier molecular flexibility index (Phi) is 45.8. The molecular formula is C113H111ClN6O24. The highest BCUT2D eigenvalue weighted by Crippen LogP contribution is 2.30. The molecule has 0 aliphatic heterocycles. The topological polar surface area (TPSA) is 526 Å². The van der Waals surface area contributed by atoms with Crippen molar-refractivity contribution in [2.75, 3.05) is 34.5 Å². The molecular weight excluding hydrogens is 1860 g/mol. The van der Waals surface area contributed by atoms with Crippen molar-refractivity contribution in [1.29, 1.82) is 10.5 Å². The number of ether oxygens (including phenoxy) is 1. The zero-order valence-corrected chi connectivity index (χ0v) is 81.0. The van der Waals surface area contributed by atoms with Gasteiger partial charge < -0.3 is 72.0 Å². The normalized spacial score (nSPS) is 10.5. The number of halogens is 1. The lowest BCUT2D eigenvalue weighted by molar-refractivity contribution is 0.0683. The first-order valence-corrected chi connectivity index (χ1v) is 46.4. The van der Waals surface area contributed by atoms with Crippen LogP contribution in [0.3, 0.4) is 0 Å². The predicted octanol–water partition coefficient (Wildman–Crippen LogP) is 21.4. The van der Waals surface area contributed by atoms with Crippen molar-refractivity contribution >= 4 is 117 Å². The van der Waals surface area contributed by atoms with Gasteiger partial charge in [-0.25, -0.2) is 33.6 Å². The minimum absolute atomic E-state index is 0.00119. The van der Waals surface area contributed by atoms with Crippen LogP contribution in [0.1, 0.15) is 294 Å². The van der Waals surface area contributed by atoms with Crippen molar-refractivity contribution in [3.8, 4) is 17.9 Å². The number of nitrogens with zero attached hydrogens (tertiary/aromatic N) is 2. The molecule has 0 aromatic heterocycles. The van der Waals surface area contributed by atoms with Crippen molar-refractivity contribution < 1.29 is 118 Å². The van der Waals surface area contributed by atoms with Crippen LogP contribution in [-0.2, 0) is 44.9 Å². The highest BCUT2D eigenvalue weighted by atomic mass is 35.5. The monoisotopic (exact) mass is 1970 g/mol. The number of ketones is 3. The van der Waals surface area contributed by atoms with Gasteiger partial charge in [-0.3, -0.25) is 33.6 Å². The van der Waals surface area contributed by atoms with E-state index in [0.29, 0.717) is 94.5 Å². The van der Waals surface area contributed by atoms with Crippen LogP contribution in [-0.4, -0.2) is 148 Å². The van der Waals surface area contributed by atoms with Gasteiger partial charge in [0.05, 0.1) is 91.1 Å². The molecule has 0 saturated carbocycles. The summed E-state index contributed by atoms with van der Waals surface area (Å²) in [7, 11) is 0. The molecule has 0 aliphatic carbocycles. The van der Waals surface area contributed by atoms with Gasteiger partial charge in [-0.05, 0) is 257 Å². The number of carbonyl (C=O) groups excluding carboxylic acids is 7. The minimum Gasteiger partial charge on any atom is -0.492 e. The molecule has 0 bridgehead atoms. The minimum atomic E-state index is -1.19. The Hall–Kier alpha value is -17.2. The van der Waals surface area contributed by atoms with Crippen LogP contribution in [0, 0.1) is 29.6 Å². The average Bonchev–Trinajstić information content (AvgIpc) is 0.535. The van der Waals surface area contributed by atoms with Gasteiger partial charge in [0.2, 0.25) is 0 Å². The zero-order chi connectivity index (χ0) is 106. The first-order valence-electron chi connectivity index (χ1n) is 46.1. The summed E-state index contributed by atoms with van der Waals surface area (Å²) in [5.41, 5.74) is 10.7. The Morgan fingerprint density at radius 3 is 1.01 bits per heavy atom. The van der Waals surface area contributed by atoms with Gasteiger partial charge in [0.15, 0.2) is 17.3 Å². The standard InChI is InChI=1S/C20H19NO4.C20H20O5.C19H19NO5.C19H21NO3.C18H18ClNO3.C17H14N2O4/c1-2-16(22)11-14-8-7-13(9-15(14)12-21)10-19(23)17-5-3-4-6-18(17)20(24)25;1-2-3-6-14-10-9-13(11-17(14)20(24)25)12-18(21)15-7-4-5-8-16(15)19(22)23;1-12(22)17-11-14(9-8-13(17)5-4-10-21)20-18(23)15-6-2-3-7-16(15)19(24)25;1-3-4-7-14-10-11-15(12-13(14)2)20-18(21)16-8-5-6-9-17(16)19(22)23;1-2-3-6-12-9-10-13(11-16(12)19)20-17(21)14-7-4-5-8-15(14)18(22)23;1-2-23-15-8-7-12(9-11(15)10-18)19-16(20)13-5-3-4-6-14(13)17(21)22/h3-9,16,22H,2,10-11H2,1H3,(H,24,25);4-5,7-11H,2-3,6,12H2,1H3,(H,22,23)(H,24,25);2-3,6-9,11,21H,4-5,10H2,1H3,(H,20,23)(H,24,25);5-6,8-12H,3-4,7H2,1-2H3,(H,20,21)(H,22,23);4-5,7-11H,2-3,6H2,1H3,(H,20,21)(H,22,23);3-9H,2H2,1H3,(H,19,20)(H,21,22). The molecule has 0 spiro atoms. The Bertz CT molecular complexity index is 6510. The number of aromatic carboxylic acids is 7. The molecule has 1 atom stereocenters. The lowest BCUT2D eigenvalue weighted by Crippen LogP contribution is -2.16. The van der Waals surface area contributed by atoms with E-state index in [9.17, 15) is 97.9 Å². The fourth-order valence-electron chi connectivity index (χ4n) is 14.6. The number of amides is 4. The third-order valence-corrected chi connectivity index (χ3v) is 22.6. The number of aliphatic hydroxyl groups excluding tert-OH is 2. The number of aryl methyl sites for hydroxylation is 5. The van der Waals surface area contributed by atoms with Crippen LogP contribution in [0.5, 0.6) is 5.75 Å². The van der Waals surface area contributed by atoms with Gasteiger partial charge in [0.25, 0.3) is 23.6 Å². The molecule has 0 fully saturated rings. The number of hydrogen-bond donors (Lipinski definition) is 13. The number of nitriles is 2. The van der Waals surface area contributed by atoms with Gasteiger partial charge >= 0.3 is 41.8 Å². The second-order valence-corrected chi connectivity index (χ2v) is 33.0. The molecule has 1 unspecified atom stereocenters. The zero-order valence-electron chi connectivity index (χ0n) is 80.3. The second-order valence-electron chi connectivity index (χ2n) is 32.6. The highest BCUT2D eigenvalue weighted by Gasteiger charge is 2.25. The van der Waals surface area contributed by atoms with Crippen LogP contribution in [0.15, 0.2) is 255 Å². The maximum absolute atomic E-state index is 12.5. The van der Waals surface area contributed by atoms with Crippen molar-refractivity contribution in [3.05, 3.63) is 393 Å². The van der Waals surface area contributed by atoms with E-state index in [4.69, 9.17) is 42.0 Å². The lowest BCUT2D eigenvalue weighted by atomic mass is 9.94. The number of carboxylic acids is 7. The Labute approximate surface area is 837 Å². The molecule has 4 amide bonds. The van der Waals surface area contributed by atoms with Crippen LogP contribution < -0.4 is 26.0 Å². The van der Waals surface area contributed by atoms with E-state index in [1.807, 2.05) is 51.1 Å². The first-order chi connectivity index (χ1) is 68.9. The van der Waals surface area contributed by atoms with Crippen molar-refractivity contribution in [2.24, 2.45) is 0 Å². The number of benzene rings is 12. The average molecular weight is 1970 g/mol. The van der Waals surface area contributed by atoms with Crippen LogP contribution in [0.25, 0.3) is 0 Å². The molecule has 0 aliphatic rings. The number of nitrogens with one attached hydrogen (secondary N) is 4. The van der Waals surface area contributed by atoms with Gasteiger partial charge in [0, 0.05) is 63.9 Å². The number of aliphatic hydroxyl groups is 2. The third kappa shape index (κ3) is 34.4. The Balaban J connectivity index is 0.000000234. The summed E-state index contributed by atoms with van der Waals surface area (Å²) in [4.78, 5) is 165. The molecule has 12 rings (SSSR count). The lowest BCUT2D eigenvalue weighted by Gasteiger charge is -2.11. The summed E-state index contributed by atoms with van der Waals surface area (Å²) in [6, 6.07) is 71.1. The number of rotatable bonds is 39. The number of unbranched alkanes of at least 4 members (excludes halogenated alkanes) is 3. The summed E-state index contributed by atoms with van der Waals surface area (Å²) < 4.78 is 5.31. The summed E-state index contributed by atoms with van der Waals surface area (Å²) in [5.74, 6) is -10.3. The number of carboxylic acid groups (broad SMARTS) is 7. The Morgan fingerprint density at radius 1 is 0.340 bits per heavy atom. The number of anilines is 4. The van der Waals surface area contributed by atoms with E-state index < -0.39 is 71.5 Å². The molecule has 0 saturated heterocycles. The summed E-state index contributed by atoms with van der Waals surface area (Å²) in [5, 5.41) is 113. The number of carbonyl (C=O) groups is 14. The smallest absolute Gasteiger partial charge is 0.336 e. The van der Waals surface area contributed by atoms with Crippen molar-refractivity contribution in [2.45, 2.75) is 151 Å².